The van der Waals surface area contributed by atoms with E-state index in [9.17, 15) is 9.46 Å². The van der Waals surface area contributed by atoms with E-state index in [-0.39, 0.29) is 42.8 Å². The summed E-state index contributed by atoms with van der Waals surface area (Å²) in [5.74, 6) is 1.81. The van der Waals surface area contributed by atoms with Crippen LogP contribution in [-0.4, -0.2) is 26.4 Å². The van der Waals surface area contributed by atoms with Crippen LogP contribution in [0.25, 0.3) is 0 Å². The average Bonchev–Trinajstić information content (AvgIpc) is 2.97. The van der Waals surface area contributed by atoms with Crippen molar-refractivity contribution in [3.8, 4) is 11.5 Å². The first-order chi connectivity index (χ1) is 20.0. The Morgan fingerprint density at radius 2 is 0.881 bits per heavy atom. The predicted molar refractivity (Wildman–Crippen MR) is 167 cm³/mol. The molecule has 0 atom stereocenters. The van der Waals surface area contributed by atoms with Crippen molar-refractivity contribution >= 4 is 7.82 Å². The quantitative estimate of drug-likeness (QED) is 0.0712. The minimum Gasteiger partial charge on any atom is -0.756 e. The second-order valence-electron chi connectivity index (χ2n) is 10.8. The molecule has 2 rings (SSSR count). The first kappa shape index (κ1) is 39.2. The maximum atomic E-state index is 12.0. The number of rotatable bonds is 26. The number of phosphoric ester groups is 1. The summed E-state index contributed by atoms with van der Waals surface area (Å²) in [6.45, 7) is 6.10. The molecule has 6 nitrogen and oxygen atoms in total. The van der Waals surface area contributed by atoms with Crippen LogP contribution >= 0.6 is 7.82 Å². The first-order valence-electron chi connectivity index (χ1n) is 16.1. The number of benzene rings is 2. The summed E-state index contributed by atoms with van der Waals surface area (Å²) in [5, 5.41) is 0. The number of hydrogen-bond acceptors (Lipinski definition) is 6. The van der Waals surface area contributed by atoms with Gasteiger partial charge in [0.05, 0.1) is 26.4 Å². The largest absolute Gasteiger partial charge is 1.00 e. The van der Waals surface area contributed by atoms with Crippen molar-refractivity contribution < 1.29 is 57.5 Å². The van der Waals surface area contributed by atoms with Crippen LogP contribution in [0.2, 0.25) is 0 Å². The normalized spacial score (nSPS) is 11.3. The van der Waals surface area contributed by atoms with Crippen LogP contribution in [0.5, 0.6) is 11.5 Å². The standard InChI is InChI=1S/C34H55O6P.Na/c1-3-5-11-17-31-19-23-33(24-20-31)37-27-13-7-9-15-29-39-41(35,36)40-30-16-10-8-14-28-38-34-25-21-32(22-26-34)18-12-6-4-2;/h19-26H,3-18,27-30H2,1-2H3,(H,35,36);/q;+1/p-1. The number of unbranched alkanes of at least 4 members (excludes halogenated alkanes) is 10. The van der Waals surface area contributed by atoms with E-state index >= 15 is 0 Å². The summed E-state index contributed by atoms with van der Waals surface area (Å²) in [4.78, 5) is 12.0. The molecule has 0 amide bonds. The molecule has 0 spiro atoms. The smallest absolute Gasteiger partial charge is 0.756 e. The zero-order valence-electron chi connectivity index (χ0n) is 26.7. The van der Waals surface area contributed by atoms with E-state index < -0.39 is 7.82 Å². The molecular weight excluding hydrogens is 558 g/mol. The van der Waals surface area contributed by atoms with E-state index in [0.717, 1.165) is 62.9 Å². The van der Waals surface area contributed by atoms with Crippen molar-refractivity contribution in [2.24, 2.45) is 0 Å². The molecule has 0 N–H and O–H groups in total. The third-order valence-corrected chi connectivity index (χ3v) is 8.10. The second-order valence-corrected chi connectivity index (χ2v) is 12.3. The van der Waals surface area contributed by atoms with Crippen molar-refractivity contribution in [3.63, 3.8) is 0 Å². The van der Waals surface area contributed by atoms with Gasteiger partial charge in [-0.2, -0.15) is 0 Å². The van der Waals surface area contributed by atoms with E-state index in [1.165, 1.54) is 49.7 Å². The summed E-state index contributed by atoms with van der Waals surface area (Å²) >= 11 is 0. The molecule has 8 heteroatoms. The van der Waals surface area contributed by atoms with Gasteiger partial charge in [0.15, 0.2) is 0 Å². The van der Waals surface area contributed by atoms with Gasteiger partial charge < -0.3 is 23.4 Å². The summed E-state index contributed by atoms with van der Waals surface area (Å²) in [5.41, 5.74) is 2.72. The molecule has 232 valence electrons. The molecule has 0 radical (unpaired) electrons. The van der Waals surface area contributed by atoms with Gasteiger partial charge >= 0.3 is 29.6 Å². The maximum absolute atomic E-state index is 12.0. The van der Waals surface area contributed by atoms with E-state index in [2.05, 4.69) is 38.1 Å². The summed E-state index contributed by atoms with van der Waals surface area (Å²) in [6, 6.07) is 16.8. The minimum absolute atomic E-state index is 0. The zero-order chi connectivity index (χ0) is 29.4. The Morgan fingerprint density at radius 3 is 1.24 bits per heavy atom. The Labute approximate surface area is 278 Å². The van der Waals surface area contributed by atoms with Crippen LogP contribution in [0.4, 0.5) is 0 Å². The minimum atomic E-state index is -4.22. The topological polar surface area (TPSA) is 77.1 Å². The monoisotopic (exact) mass is 612 g/mol. The molecule has 0 heterocycles. The maximum Gasteiger partial charge on any atom is 1.00 e. The number of phosphoric acid groups is 1. The fourth-order valence-electron chi connectivity index (χ4n) is 4.55. The fraction of sp³-hybridized carbons (Fsp3) is 0.647. The van der Waals surface area contributed by atoms with Gasteiger partial charge in [-0.3, -0.25) is 4.57 Å². The molecule has 0 bridgehead atoms. The van der Waals surface area contributed by atoms with Crippen molar-refractivity contribution in [2.75, 3.05) is 26.4 Å². The molecule has 2 aromatic carbocycles. The van der Waals surface area contributed by atoms with Crippen molar-refractivity contribution in [3.05, 3.63) is 59.7 Å². The Hall–Kier alpha value is -0.850. The molecule has 0 unspecified atom stereocenters. The van der Waals surface area contributed by atoms with Crippen LogP contribution in [0.1, 0.15) is 115 Å². The summed E-state index contributed by atoms with van der Waals surface area (Å²) < 4.78 is 33.6. The summed E-state index contributed by atoms with van der Waals surface area (Å²) in [7, 11) is -4.22. The number of hydrogen-bond donors (Lipinski definition) is 0. The van der Waals surface area contributed by atoms with Gasteiger partial charge in [-0.1, -0.05) is 76.6 Å². The van der Waals surface area contributed by atoms with Gasteiger partial charge in [-0.15, -0.1) is 0 Å². The molecular formula is C34H54NaO6P. The van der Waals surface area contributed by atoms with E-state index in [4.69, 9.17) is 18.5 Å². The van der Waals surface area contributed by atoms with Crippen LogP contribution in [0.3, 0.4) is 0 Å². The van der Waals surface area contributed by atoms with Gasteiger partial charge in [0.25, 0.3) is 7.82 Å². The van der Waals surface area contributed by atoms with Crippen LogP contribution in [-0.2, 0) is 26.5 Å². The molecule has 0 saturated carbocycles. The number of aryl methyl sites for hydroxylation is 2. The van der Waals surface area contributed by atoms with Crippen molar-refractivity contribution in [2.45, 2.75) is 117 Å². The molecule has 0 aliphatic carbocycles. The van der Waals surface area contributed by atoms with Gasteiger partial charge in [0.2, 0.25) is 0 Å². The summed E-state index contributed by atoms with van der Waals surface area (Å²) in [6.07, 6.45) is 16.7. The Bertz CT molecular complexity index is 865. The fourth-order valence-corrected chi connectivity index (χ4v) is 5.33. The second kappa shape index (κ2) is 25.5. The van der Waals surface area contributed by atoms with Crippen LogP contribution < -0.4 is 43.9 Å². The molecule has 42 heavy (non-hydrogen) atoms. The van der Waals surface area contributed by atoms with Crippen molar-refractivity contribution in [1.29, 1.82) is 0 Å². The van der Waals surface area contributed by atoms with Gasteiger partial charge in [0.1, 0.15) is 11.5 Å². The molecule has 0 fully saturated rings. The van der Waals surface area contributed by atoms with Crippen LogP contribution in [0.15, 0.2) is 48.5 Å². The zero-order valence-corrected chi connectivity index (χ0v) is 29.6. The third-order valence-electron chi connectivity index (χ3n) is 7.10. The average molecular weight is 613 g/mol. The molecule has 0 aliphatic rings. The SMILES string of the molecule is CCCCCc1ccc(OCCCCCCOP(=O)([O-])OCCCCCCOc2ccc(CCCCC)cc2)cc1.[Na+]. The molecule has 2 aromatic rings. The van der Waals surface area contributed by atoms with Gasteiger partial charge in [-0.05, 0) is 99.6 Å². The number of ether oxygens (including phenoxy) is 2. The van der Waals surface area contributed by atoms with Gasteiger partial charge in [-0.25, -0.2) is 0 Å². The van der Waals surface area contributed by atoms with Crippen LogP contribution in [0, 0.1) is 0 Å². The van der Waals surface area contributed by atoms with E-state index in [0.29, 0.717) is 26.1 Å². The molecule has 0 aliphatic heterocycles. The van der Waals surface area contributed by atoms with E-state index in [1.54, 1.807) is 0 Å². The first-order valence-corrected chi connectivity index (χ1v) is 17.5. The van der Waals surface area contributed by atoms with Gasteiger partial charge in [0, 0.05) is 0 Å². The molecule has 0 saturated heterocycles. The third kappa shape index (κ3) is 20.2. The Kier molecular flexibility index (Phi) is 23.8. The van der Waals surface area contributed by atoms with E-state index in [1.807, 2.05) is 24.3 Å². The van der Waals surface area contributed by atoms with Crippen molar-refractivity contribution in [1.82, 2.24) is 0 Å². The Balaban J connectivity index is 0.00000882. The predicted octanol–water partition coefficient (Wildman–Crippen LogP) is 6.24. The molecule has 0 aromatic heterocycles. The Morgan fingerprint density at radius 1 is 0.524 bits per heavy atom.